The average molecular weight is 510 g/mol. The Kier molecular flexibility index (Phi) is 5.48. The van der Waals surface area contributed by atoms with Crippen LogP contribution in [-0.2, 0) is 9.59 Å². The van der Waals surface area contributed by atoms with E-state index in [0.29, 0.717) is 21.3 Å². The second kappa shape index (κ2) is 7.91. The minimum absolute atomic E-state index is 0.0362. The first kappa shape index (κ1) is 20.1. The minimum Gasteiger partial charge on any atom is -0.507 e. The fourth-order valence-electron chi connectivity index (χ4n) is 3.13. The number of thiazole rings is 1. The topological polar surface area (TPSA) is 70.5 Å². The highest BCUT2D eigenvalue weighted by molar-refractivity contribution is 9.10. The van der Waals surface area contributed by atoms with Crippen molar-refractivity contribution in [2.45, 2.75) is 6.04 Å². The summed E-state index contributed by atoms with van der Waals surface area (Å²) in [6, 6.07) is 10.7. The first-order valence-electron chi connectivity index (χ1n) is 8.30. The van der Waals surface area contributed by atoms with Gasteiger partial charge in [-0.05, 0) is 29.8 Å². The van der Waals surface area contributed by atoms with Gasteiger partial charge in [0.25, 0.3) is 5.78 Å². The van der Waals surface area contributed by atoms with E-state index in [1.165, 1.54) is 16.2 Å². The molecule has 0 radical (unpaired) electrons. The SMILES string of the molecule is O=C1C(=O)N(c2nccs2)[C@@H](c2ccc(Cl)c(Cl)c2)/C1=C(\O)c1ccc(Br)cc1. The summed E-state index contributed by atoms with van der Waals surface area (Å²) in [5.74, 6) is -1.84. The molecule has 2 aromatic carbocycles. The maximum absolute atomic E-state index is 12.9. The van der Waals surface area contributed by atoms with Gasteiger partial charge in [-0.1, -0.05) is 57.3 Å². The number of hydrogen-bond donors (Lipinski definition) is 1. The van der Waals surface area contributed by atoms with E-state index >= 15 is 0 Å². The monoisotopic (exact) mass is 508 g/mol. The number of carbonyl (C=O) groups excluding carboxylic acids is 2. The molecule has 0 unspecified atom stereocenters. The van der Waals surface area contributed by atoms with Crippen molar-refractivity contribution in [3.05, 3.63) is 85.3 Å². The zero-order valence-corrected chi connectivity index (χ0v) is 18.4. The lowest BCUT2D eigenvalue weighted by atomic mass is 9.95. The number of hydrogen-bond acceptors (Lipinski definition) is 5. The van der Waals surface area contributed by atoms with Gasteiger partial charge in [-0.3, -0.25) is 14.5 Å². The Hall–Kier alpha value is -2.19. The summed E-state index contributed by atoms with van der Waals surface area (Å²) in [4.78, 5) is 31.3. The molecule has 1 N–H and O–H groups in total. The summed E-state index contributed by atoms with van der Waals surface area (Å²) in [7, 11) is 0. The number of Topliss-reactive ketones (excluding diaryl/α,β-unsaturated/α-hetero) is 1. The van der Waals surface area contributed by atoms with Crippen LogP contribution >= 0.6 is 50.5 Å². The molecule has 1 aliphatic rings. The standard InChI is InChI=1S/C20H11BrCl2N2O3S/c21-12-4-1-10(2-5-12)17(26)15-16(11-3-6-13(22)14(23)9-11)25(19(28)18(15)27)20-24-7-8-29-20/h1-9,16,26H/b17-15+/t16-/m0/s1. The van der Waals surface area contributed by atoms with Crippen LogP contribution in [0.5, 0.6) is 0 Å². The van der Waals surface area contributed by atoms with E-state index in [2.05, 4.69) is 20.9 Å². The van der Waals surface area contributed by atoms with Crippen LogP contribution in [-0.4, -0.2) is 21.8 Å². The van der Waals surface area contributed by atoms with Crippen LogP contribution in [0.4, 0.5) is 5.13 Å². The summed E-state index contributed by atoms with van der Waals surface area (Å²) in [5, 5.41) is 13.6. The number of aliphatic hydroxyl groups is 1. The molecule has 4 rings (SSSR count). The molecule has 0 aliphatic carbocycles. The van der Waals surface area contributed by atoms with Crippen LogP contribution < -0.4 is 4.90 Å². The second-order valence-electron chi connectivity index (χ2n) is 6.16. The Morgan fingerprint density at radius 2 is 1.83 bits per heavy atom. The third-order valence-corrected chi connectivity index (χ3v) is 6.49. The van der Waals surface area contributed by atoms with E-state index in [0.717, 1.165) is 4.47 Å². The van der Waals surface area contributed by atoms with Gasteiger partial charge in [0.2, 0.25) is 0 Å². The average Bonchev–Trinajstić information content (AvgIpc) is 3.31. The summed E-state index contributed by atoms with van der Waals surface area (Å²) in [6.07, 6.45) is 1.54. The number of aliphatic hydroxyl groups excluding tert-OH is 1. The quantitative estimate of drug-likeness (QED) is 0.273. The van der Waals surface area contributed by atoms with Crippen LogP contribution in [0.1, 0.15) is 17.2 Å². The van der Waals surface area contributed by atoms with E-state index in [4.69, 9.17) is 23.2 Å². The third-order valence-electron chi connectivity index (χ3n) is 4.45. The number of aromatic nitrogens is 1. The Balaban J connectivity index is 1.95. The number of benzene rings is 2. The Morgan fingerprint density at radius 1 is 1.10 bits per heavy atom. The molecule has 1 fully saturated rings. The zero-order chi connectivity index (χ0) is 20.7. The van der Waals surface area contributed by atoms with Crippen LogP contribution in [0.3, 0.4) is 0 Å². The molecule has 29 heavy (non-hydrogen) atoms. The van der Waals surface area contributed by atoms with Crippen molar-refractivity contribution in [2.24, 2.45) is 0 Å². The molecule has 146 valence electrons. The highest BCUT2D eigenvalue weighted by atomic mass is 79.9. The van der Waals surface area contributed by atoms with Gasteiger partial charge in [-0.2, -0.15) is 0 Å². The van der Waals surface area contributed by atoms with Gasteiger partial charge in [0, 0.05) is 21.6 Å². The molecule has 1 saturated heterocycles. The number of halogens is 3. The fourth-order valence-corrected chi connectivity index (χ4v) is 4.36. The predicted octanol–water partition coefficient (Wildman–Crippen LogP) is 5.84. The summed E-state index contributed by atoms with van der Waals surface area (Å²) >= 11 is 16.8. The molecule has 1 atom stereocenters. The van der Waals surface area contributed by atoms with Gasteiger partial charge in [0.05, 0.1) is 21.7 Å². The maximum atomic E-state index is 12.9. The van der Waals surface area contributed by atoms with Crippen LogP contribution in [0.25, 0.3) is 5.76 Å². The van der Waals surface area contributed by atoms with Crippen molar-refractivity contribution in [1.29, 1.82) is 0 Å². The number of anilines is 1. The largest absolute Gasteiger partial charge is 0.507 e. The second-order valence-corrected chi connectivity index (χ2v) is 8.77. The first-order chi connectivity index (χ1) is 13.9. The molecule has 0 spiro atoms. The normalized spacial score (nSPS) is 18.4. The molecule has 9 heteroatoms. The Bertz CT molecular complexity index is 1150. The van der Waals surface area contributed by atoms with Gasteiger partial charge in [0.1, 0.15) is 5.76 Å². The Morgan fingerprint density at radius 3 is 2.45 bits per heavy atom. The minimum atomic E-state index is -0.889. The molecule has 1 amide bonds. The van der Waals surface area contributed by atoms with Crippen molar-refractivity contribution < 1.29 is 14.7 Å². The van der Waals surface area contributed by atoms with Crippen LogP contribution in [0.15, 0.2) is 64.1 Å². The first-order valence-corrected chi connectivity index (χ1v) is 10.7. The molecule has 1 aromatic heterocycles. The number of rotatable bonds is 3. The maximum Gasteiger partial charge on any atom is 0.301 e. The third kappa shape index (κ3) is 3.59. The molecule has 1 aliphatic heterocycles. The lowest BCUT2D eigenvalue weighted by molar-refractivity contribution is -0.132. The number of ketones is 1. The number of carbonyl (C=O) groups is 2. The van der Waals surface area contributed by atoms with Crippen molar-refractivity contribution >= 4 is 73.0 Å². The van der Waals surface area contributed by atoms with Crippen molar-refractivity contribution in [3.8, 4) is 0 Å². The molecule has 3 aromatic rings. The number of amides is 1. The van der Waals surface area contributed by atoms with E-state index in [-0.39, 0.29) is 16.4 Å². The smallest absolute Gasteiger partial charge is 0.301 e. The summed E-state index contributed by atoms with van der Waals surface area (Å²) < 4.78 is 0.818. The molecule has 5 nitrogen and oxygen atoms in total. The predicted molar refractivity (Wildman–Crippen MR) is 118 cm³/mol. The molecular formula is C20H11BrCl2N2O3S. The molecule has 2 heterocycles. The van der Waals surface area contributed by atoms with E-state index in [1.54, 1.807) is 54.0 Å². The van der Waals surface area contributed by atoms with Gasteiger partial charge in [-0.25, -0.2) is 4.98 Å². The van der Waals surface area contributed by atoms with E-state index in [1.807, 2.05) is 0 Å². The van der Waals surface area contributed by atoms with E-state index in [9.17, 15) is 14.7 Å². The van der Waals surface area contributed by atoms with Crippen molar-refractivity contribution in [3.63, 3.8) is 0 Å². The molecule has 0 bridgehead atoms. The number of nitrogens with zero attached hydrogens (tertiary/aromatic N) is 2. The van der Waals surface area contributed by atoms with Crippen molar-refractivity contribution in [1.82, 2.24) is 4.98 Å². The molecule has 0 saturated carbocycles. The van der Waals surface area contributed by atoms with Gasteiger partial charge in [-0.15, -0.1) is 11.3 Å². The zero-order valence-electron chi connectivity index (χ0n) is 14.5. The fraction of sp³-hybridized carbons (Fsp3) is 0.0500. The van der Waals surface area contributed by atoms with Crippen molar-refractivity contribution in [2.75, 3.05) is 4.90 Å². The highest BCUT2D eigenvalue weighted by Crippen LogP contribution is 2.43. The lowest BCUT2D eigenvalue weighted by Gasteiger charge is -2.23. The van der Waals surface area contributed by atoms with Gasteiger partial charge < -0.3 is 5.11 Å². The van der Waals surface area contributed by atoms with Gasteiger partial charge in [0.15, 0.2) is 5.13 Å². The van der Waals surface area contributed by atoms with E-state index < -0.39 is 17.7 Å². The van der Waals surface area contributed by atoms with Crippen LogP contribution in [0.2, 0.25) is 10.0 Å². The summed E-state index contributed by atoms with van der Waals surface area (Å²) in [5.41, 5.74) is 0.911. The lowest BCUT2D eigenvalue weighted by Crippen LogP contribution is -2.29. The summed E-state index contributed by atoms with van der Waals surface area (Å²) in [6.45, 7) is 0. The highest BCUT2D eigenvalue weighted by Gasteiger charge is 2.48. The van der Waals surface area contributed by atoms with Gasteiger partial charge >= 0.3 is 5.91 Å². The molecular weight excluding hydrogens is 499 g/mol. The Labute approximate surface area is 188 Å². The van der Waals surface area contributed by atoms with Crippen LogP contribution in [0, 0.1) is 0 Å².